The molecule has 0 saturated carbocycles. The monoisotopic (exact) mass is 299 g/mol. The van der Waals surface area contributed by atoms with E-state index in [2.05, 4.69) is 16.0 Å². The summed E-state index contributed by atoms with van der Waals surface area (Å²) in [5, 5.41) is 7.72. The summed E-state index contributed by atoms with van der Waals surface area (Å²) in [7, 11) is 1.49. The van der Waals surface area contributed by atoms with Crippen molar-refractivity contribution in [3.8, 4) is 0 Å². The highest BCUT2D eigenvalue weighted by molar-refractivity contribution is 5.88. The van der Waals surface area contributed by atoms with Crippen LogP contribution in [0.4, 0.5) is 0 Å². The first-order valence-electron chi connectivity index (χ1n) is 6.91. The normalized spacial score (nSPS) is 25.4. The minimum Gasteiger partial charge on any atom is -0.360 e. The molecule has 0 aromatic heterocycles. The van der Waals surface area contributed by atoms with Crippen LogP contribution in [0.2, 0.25) is 0 Å². The lowest BCUT2D eigenvalue weighted by atomic mass is 10.1. The van der Waals surface area contributed by atoms with Gasteiger partial charge in [0.2, 0.25) is 17.7 Å². The van der Waals surface area contributed by atoms with E-state index in [0.717, 1.165) is 0 Å². The maximum Gasteiger partial charge on any atom is 0.246 e. The lowest BCUT2D eigenvalue weighted by molar-refractivity contribution is -0.136. The molecule has 2 unspecified atom stereocenters. The second kappa shape index (κ2) is 9.06. The summed E-state index contributed by atoms with van der Waals surface area (Å²) < 4.78 is 5.07. The fourth-order valence-corrected chi connectivity index (χ4v) is 1.96. The number of hydrogen-bond acceptors (Lipinski definition) is 5. The third kappa shape index (κ3) is 6.35. The molecular formula is C13H21N3O5. The Morgan fingerprint density at radius 1 is 1.33 bits per heavy atom. The topological polar surface area (TPSA) is 114 Å². The second-order valence-corrected chi connectivity index (χ2v) is 4.77. The van der Waals surface area contributed by atoms with Gasteiger partial charge in [-0.2, -0.15) is 0 Å². The van der Waals surface area contributed by atoms with Gasteiger partial charge in [0, 0.05) is 13.6 Å². The van der Waals surface area contributed by atoms with Crippen molar-refractivity contribution < 1.29 is 23.9 Å². The number of rotatable bonds is 2. The van der Waals surface area contributed by atoms with Crippen LogP contribution in [0, 0.1) is 0 Å². The van der Waals surface area contributed by atoms with Crippen LogP contribution < -0.4 is 16.0 Å². The van der Waals surface area contributed by atoms with Crippen LogP contribution >= 0.6 is 0 Å². The molecule has 2 atom stereocenters. The number of likely N-dealkylation sites (N-methyl/N-ethyl adjacent to an activating group) is 1. The van der Waals surface area contributed by atoms with Gasteiger partial charge in [-0.15, -0.1) is 0 Å². The average molecular weight is 299 g/mol. The second-order valence-electron chi connectivity index (χ2n) is 4.77. The van der Waals surface area contributed by atoms with Crippen molar-refractivity contribution in [3.05, 3.63) is 0 Å². The van der Waals surface area contributed by atoms with Gasteiger partial charge in [-0.1, -0.05) is 0 Å². The van der Waals surface area contributed by atoms with Crippen molar-refractivity contribution in [2.75, 3.05) is 20.2 Å². The first-order valence-corrected chi connectivity index (χ1v) is 6.91. The highest BCUT2D eigenvalue weighted by Crippen LogP contribution is 2.04. The number of hydrogen-bond donors (Lipinski definition) is 3. The lowest BCUT2D eigenvalue weighted by Crippen LogP contribution is -2.46. The van der Waals surface area contributed by atoms with E-state index >= 15 is 0 Å². The highest BCUT2D eigenvalue weighted by Gasteiger charge is 2.22. The zero-order valence-corrected chi connectivity index (χ0v) is 12.0. The molecule has 0 bridgehead atoms. The van der Waals surface area contributed by atoms with E-state index < -0.39 is 18.1 Å². The summed E-state index contributed by atoms with van der Waals surface area (Å²) >= 11 is 0. The summed E-state index contributed by atoms with van der Waals surface area (Å²) in [6.07, 6.45) is 1.09. The summed E-state index contributed by atoms with van der Waals surface area (Å²) in [6.45, 7) is 0.192. The molecule has 1 aliphatic rings. The zero-order valence-electron chi connectivity index (χ0n) is 12.0. The van der Waals surface area contributed by atoms with Crippen LogP contribution in [-0.4, -0.2) is 56.4 Å². The minimum absolute atomic E-state index is 0.218. The average Bonchev–Trinajstić information content (AvgIpc) is 2.49. The van der Waals surface area contributed by atoms with E-state index in [1.165, 1.54) is 7.05 Å². The first-order chi connectivity index (χ1) is 10.1. The largest absolute Gasteiger partial charge is 0.360 e. The predicted molar refractivity (Wildman–Crippen MR) is 73.3 cm³/mol. The molecule has 0 aliphatic carbocycles. The van der Waals surface area contributed by atoms with Crippen molar-refractivity contribution in [3.63, 3.8) is 0 Å². The molecule has 3 amide bonds. The Morgan fingerprint density at radius 3 is 2.76 bits per heavy atom. The highest BCUT2D eigenvalue weighted by atomic mass is 16.5. The van der Waals surface area contributed by atoms with Crippen LogP contribution in [0.1, 0.15) is 25.7 Å². The van der Waals surface area contributed by atoms with E-state index in [9.17, 15) is 19.2 Å². The fourth-order valence-electron chi connectivity index (χ4n) is 1.96. The van der Waals surface area contributed by atoms with E-state index in [0.29, 0.717) is 32.1 Å². The van der Waals surface area contributed by atoms with Crippen molar-refractivity contribution in [1.29, 1.82) is 0 Å². The standard InChI is InChI=1S/C13H21N3O5/c1-14-13(20)10-4-2-3-5-15-12(19)8-21-9(7-17)6-11(18)16-10/h7,9-10H,2-6,8H2,1H3,(H,14,20)(H,15,19)(H,16,18). The maximum absolute atomic E-state index is 11.8. The minimum atomic E-state index is -0.998. The van der Waals surface area contributed by atoms with Crippen molar-refractivity contribution in [1.82, 2.24) is 16.0 Å². The van der Waals surface area contributed by atoms with Gasteiger partial charge < -0.3 is 25.5 Å². The quantitative estimate of drug-likeness (QED) is 0.537. The molecule has 0 spiro atoms. The van der Waals surface area contributed by atoms with E-state index in [1.807, 2.05) is 0 Å². The number of ether oxygens (including phenoxy) is 1. The van der Waals surface area contributed by atoms with Crippen LogP contribution in [0.3, 0.4) is 0 Å². The Hall–Kier alpha value is -1.96. The maximum atomic E-state index is 11.8. The van der Waals surface area contributed by atoms with Crippen LogP contribution in [-0.2, 0) is 23.9 Å². The molecule has 8 nitrogen and oxygen atoms in total. The summed E-state index contributed by atoms with van der Waals surface area (Å²) in [4.78, 5) is 45.8. The molecule has 21 heavy (non-hydrogen) atoms. The molecule has 1 rings (SSSR count). The molecule has 0 radical (unpaired) electrons. The molecule has 0 aromatic rings. The van der Waals surface area contributed by atoms with Gasteiger partial charge in [-0.25, -0.2) is 0 Å². The summed E-state index contributed by atoms with van der Waals surface area (Å²) in [5.41, 5.74) is 0. The van der Waals surface area contributed by atoms with Gasteiger partial charge in [-0.05, 0) is 19.3 Å². The van der Waals surface area contributed by atoms with Crippen molar-refractivity contribution >= 4 is 24.0 Å². The van der Waals surface area contributed by atoms with Crippen molar-refractivity contribution in [2.24, 2.45) is 0 Å². The third-order valence-electron chi connectivity index (χ3n) is 3.11. The van der Waals surface area contributed by atoms with E-state index in [4.69, 9.17) is 4.74 Å². The Balaban J connectivity index is 2.71. The SMILES string of the molecule is CNC(=O)C1CCCCNC(=O)COC(C=O)CC(=O)N1. The molecular weight excluding hydrogens is 278 g/mol. The number of aldehydes is 1. The Morgan fingerprint density at radius 2 is 2.10 bits per heavy atom. The van der Waals surface area contributed by atoms with Crippen LogP contribution in [0.25, 0.3) is 0 Å². The number of carbonyl (C=O) groups excluding carboxylic acids is 4. The number of nitrogens with one attached hydrogen (secondary N) is 3. The molecule has 0 aromatic carbocycles. The molecule has 8 heteroatoms. The molecule has 1 fully saturated rings. The van der Waals surface area contributed by atoms with Crippen LogP contribution in [0.5, 0.6) is 0 Å². The fraction of sp³-hybridized carbons (Fsp3) is 0.692. The predicted octanol–water partition coefficient (Wildman–Crippen LogP) is -1.51. The number of amides is 3. The molecule has 1 heterocycles. The number of carbonyl (C=O) groups is 4. The summed E-state index contributed by atoms with van der Waals surface area (Å²) in [6, 6.07) is -0.647. The Kier molecular flexibility index (Phi) is 7.38. The van der Waals surface area contributed by atoms with Gasteiger partial charge >= 0.3 is 0 Å². The molecule has 1 saturated heterocycles. The summed E-state index contributed by atoms with van der Waals surface area (Å²) in [5.74, 6) is -1.07. The van der Waals surface area contributed by atoms with Gasteiger partial charge in [0.25, 0.3) is 0 Å². The zero-order chi connectivity index (χ0) is 15.7. The third-order valence-corrected chi connectivity index (χ3v) is 3.11. The van der Waals surface area contributed by atoms with Gasteiger partial charge in [0.1, 0.15) is 25.0 Å². The first kappa shape index (κ1) is 17.1. The Bertz CT molecular complexity index is 399. The van der Waals surface area contributed by atoms with Gasteiger partial charge in [-0.3, -0.25) is 14.4 Å². The lowest BCUT2D eigenvalue weighted by Gasteiger charge is -2.18. The van der Waals surface area contributed by atoms with E-state index in [-0.39, 0.29) is 24.8 Å². The molecule has 1 aliphatic heterocycles. The van der Waals surface area contributed by atoms with Gasteiger partial charge in [0.05, 0.1) is 6.42 Å². The molecule has 3 N–H and O–H groups in total. The molecule has 118 valence electrons. The smallest absolute Gasteiger partial charge is 0.246 e. The van der Waals surface area contributed by atoms with E-state index in [1.54, 1.807) is 0 Å². The van der Waals surface area contributed by atoms with Gasteiger partial charge in [0.15, 0.2) is 0 Å². The van der Waals surface area contributed by atoms with Crippen LogP contribution in [0.15, 0.2) is 0 Å². The Labute approximate surface area is 123 Å². The van der Waals surface area contributed by atoms with Crippen molar-refractivity contribution in [2.45, 2.75) is 37.8 Å².